The molecule has 1 saturated heterocycles. The number of H-pyrrole nitrogens is 1. The van der Waals surface area contributed by atoms with E-state index in [1.165, 1.54) is 0 Å². The van der Waals surface area contributed by atoms with E-state index in [0.717, 1.165) is 19.6 Å². The van der Waals surface area contributed by atoms with Gasteiger partial charge in [0.15, 0.2) is 0 Å². The number of nitrogens with one attached hydrogen (secondary N) is 2. The maximum Gasteiger partial charge on any atom is 0.259 e. The molecule has 1 aliphatic rings. The summed E-state index contributed by atoms with van der Waals surface area (Å²) in [5.41, 5.74) is 0.0947. The van der Waals surface area contributed by atoms with Gasteiger partial charge in [0.05, 0.1) is 5.56 Å². The Morgan fingerprint density at radius 1 is 1.59 bits per heavy atom. The standard InChI is InChI=1S/C11H18N4O2/c1-3-8-9(16)13-11(14-10(8)17)15-5-4-12-6-7(15)2/h7,12H,3-6H2,1-2H3,(H2,13,14,16,17). The number of rotatable bonds is 2. The Bertz CT molecular complexity index is 457. The van der Waals surface area contributed by atoms with Crippen molar-refractivity contribution in [3.8, 4) is 5.88 Å². The number of hydrogen-bond acceptors (Lipinski definition) is 5. The van der Waals surface area contributed by atoms with Gasteiger partial charge in [0, 0.05) is 25.7 Å². The number of hydrogen-bond donors (Lipinski definition) is 3. The van der Waals surface area contributed by atoms with Crippen molar-refractivity contribution < 1.29 is 5.11 Å². The highest BCUT2D eigenvalue weighted by molar-refractivity contribution is 5.37. The summed E-state index contributed by atoms with van der Waals surface area (Å²) in [6, 6.07) is 0.249. The number of aromatic nitrogens is 2. The lowest BCUT2D eigenvalue weighted by molar-refractivity contribution is 0.437. The zero-order valence-corrected chi connectivity index (χ0v) is 10.2. The molecule has 1 aliphatic heterocycles. The van der Waals surface area contributed by atoms with Gasteiger partial charge in [-0.1, -0.05) is 6.92 Å². The van der Waals surface area contributed by atoms with Crippen molar-refractivity contribution in [2.45, 2.75) is 26.3 Å². The van der Waals surface area contributed by atoms with Gasteiger partial charge in [-0.05, 0) is 13.3 Å². The number of aromatic hydroxyl groups is 1. The quantitative estimate of drug-likeness (QED) is 0.667. The van der Waals surface area contributed by atoms with Gasteiger partial charge in [0.25, 0.3) is 5.56 Å². The minimum atomic E-state index is -0.249. The molecule has 2 heterocycles. The topological polar surface area (TPSA) is 81.2 Å². The van der Waals surface area contributed by atoms with E-state index in [4.69, 9.17) is 0 Å². The van der Waals surface area contributed by atoms with Crippen LogP contribution in [0.15, 0.2) is 4.79 Å². The van der Waals surface area contributed by atoms with Gasteiger partial charge in [-0.3, -0.25) is 9.78 Å². The highest BCUT2D eigenvalue weighted by Crippen LogP contribution is 2.16. The molecule has 0 bridgehead atoms. The lowest BCUT2D eigenvalue weighted by Gasteiger charge is -2.34. The minimum absolute atomic E-state index is 0.156. The summed E-state index contributed by atoms with van der Waals surface area (Å²) in [7, 11) is 0. The summed E-state index contributed by atoms with van der Waals surface area (Å²) >= 11 is 0. The second-order valence-corrected chi connectivity index (χ2v) is 4.29. The molecule has 2 rings (SSSR count). The van der Waals surface area contributed by atoms with E-state index in [1.54, 1.807) is 0 Å². The molecular formula is C11H18N4O2. The molecule has 1 atom stereocenters. The van der Waals surface area contributed by atoms with Crippen LogP contribution in [0.25, 0.3) is 0 Å². The molecule has 0 saturated carbocycles. The first kappa shape index (κ1) is 11.9. The van der Waals surface area contributed by atoms with Crippen molar-refractivity contribution in [2.75, 3.05) is 24.5 Å². The SMILES string of the molecule is CCc1c(O)nc(N2CCNCC2C)[nH]c1=O. The fourth-order valence-electron chi connectivity index (χ4n) is 2.08. The lowest BCUT2D eigenvalue weighted by Crippen LogP contribution is -2.51. The van der Waals surface area contributed by atoms with Crippen LogP contribution in [0, 0.1) is 0 Å². The average molecular weight is 238 g/mol. The van der Waals surface area contributed by atoms with Crippen LogP contribution in [0.3, 0.4) is 0 Å². The maximum absolute atomic E-state index is 11.7. The zero-order chi connectivity index (χ0) is 12.4. The van der Waals surface area contributed by atoms with E-state index in [9.17, 15) is 9.90 Å². The van der Waals surface area contributed by atoms with E-state index in [2.05, 4.69) is 22.2 Å². The van der Waals surface area contributed by atoms with Gasteiger partial charge in [0.1, 0.15) is 0 Å². The second kappa shape index (κ2) is 4.75. The predicted molar refractivity (Wildman–Crippen MR) is 65.6 cm³/mol. The highest BCUT2D eigenvalue weighted by Gasteiger charge is 2.21. The molecule has 1 aromatic rings. The van der Waals surface area contributed by atoms with Crippen LogP contribution in [0.5, 0.6) is 5.88 Å². The Kier molecular flexibility index (Phi) is 3.33. The molecule has 17 heavy (non-hydrogen) atoms. The molecule has 0 aliphatic carbocycles. The molecule has 3 N–H and O–H groups in total. The van der Waals surface area contributed by atoms with E-state index >= 15 is 0 Å². The van der Waals surface area contributed by atoms with E-state index in [0.29, 0.717) is 17.9 Å². The van der Waals surface area contributed by atoms with E-state index in [-0.39, 0.29) is 17.5 Å². The number of piperazine rings is 1. The normalized spacial score (nSPS) is 20.6. The number of anilines is 1. The van der Waals surface area contributed by atoms with Gasteiger partial charge >= 0.3 is 0 Å². The number of nitrogens with zero attached hydrogens (tertiary/aromatic N) is 2. The molecule has 0 radical (unpaired) electrons. The average Bonchev–Trinajstić information content (AvgIpc) is 2.29. The van der Waals surface area contributed by atoms with Crippen molar-refractivity contribution in [3.63, 3.8) is 0 Å². The van der Waals surface area contributed by atoms with E-state index in [1.807, 2.05) is 11.8 Å². The largest absolute Gasteiger partial charge is 0.493 e. The summed E-state index contributed by atoms with van der Waals surface area (Å²) in [6.45, 7) is 6.34. The third-order valence-corrected chi connectivity index (χ3v) is 3.11. The zero-order valence-electron chi connectivity index (χ0n) is 10.2. The first-order valence-corrected chi connectivity index (χ1v) is 5.93. The summed E-state index contributed by atoms with van der Waals surface area (Å²) in [5.74, 6) is 0.302. The fourth-order valence-corrected chi connectivity index (χ4v) is 2.08. The fraction of sp³-hybridized carbons (Fsp3) is 0.636. The minimum Gasteiger partial charge on any atom is -0.493 e. The van der Waals surface area contributed by atoms with Crippen LogP contribution in [-0.4, -0.2) is 40.8 Å². The molecule has 6 nitrogen and oxygen atoms in total. The predicted octanol–water partition coefficient (Wildman–Crippen LogP) is -0.164. The van der Waals surface area contributed by atoms with Gasteiger partial charge in [-0.15, -0.1) is 0 Å². The van der Waals surface area contributed by atoms with Crippen molar-refractivity contribution in [3.05, 3.63) is 15.9 Å². The Morgan fingerprint density at radius 2 is 2.35 bits per heavy atom. The molecule has 0 spiro atoms. The van der Waals surface area contributed by atoms with Crippen LogP contribution in [0.4, 0.5) is 5.95 Å². The van der Waals surface area contributed by atoms with Gasteiger partial charge in [-0.25, -0.2) is 0 Å². The summed E-state index contributed by atoms with van der Waals surface area (Å²) in [4.78, 5) is 20.6. The number of aromatic amines is 1. The van der Waals surface area contributed by atoms with Crippen LogP contribution < -0.4 is 15.8 Å². The second-order valence-electron chi connectivity index (χ2n) is 4.29. The molecule has 94 valence electrons. The Hall–Kier alpha value is -1.56. The van der Waals surface area contributed by atoms with Crippen LogP contribution in [-0.2, 0) is 6.42 Å². The van der Waals surface area contributed by atoms with Crippen LogP contribution in [0.2, 0.25) is 0 Å². The first-order valence-electron chi connectivity index (χ1n) is 5.93. The summed E-state index contributed by atoms with van der Waals surface area (Å²) in [5, 5.41) is 13.0. The Morgan fingerprint density at radius 3 is 2.94 bits per heavy atom. The molecule has 1 fully saturated rings. The van der Waals surface area contributed by atoms with Crippen molar-refractivity contribution in [2.24, 2.45) is 0 Å². The molecule has 1 aromatic heterocycles. The summed E-state index contributed by atoms with van der Waals surface area (Å²) in [6.07, 6.45) is 0.478. The van der Waals surface area contributed by atoms with Crippen LogP contribution in [0.1, 0.15) is 19.4 Å². The molecule has 6 heteroatoms. The maximum atomic E-state index is 11.7. The van der Waals surface area contributed by atoms with Gasteiger partial charge < -0.3 is 15.3 Å². The summed E-state index contributed by atoms with van der Waals surface area (Å²) < 4.78 is 0. The first-order chi connectivity index (χ1) is 8.13. The molecule has 0 amide bonds. The van der Waals surface area contributed by atoms with Gasteiger partial charge in [-0.2, -0.15) is 4.98 Å². The molecular weight excluding hydrogens is 220 g/mol. The van der Waals surface area contributed by atoms with Gasteiger partial charge in [0.2, 0.25) is 11.8 Å². The third kappa shape index (κ3) is 2.26. The molecule has 0 aromatic carbocycles. The van der Waals surface area contributed by atoms with E-state index < -0.39 is 0 Å². The highest BCUT2D eigenvalue weighted by atomic mass is 16.3. The Labute approximate surface area is 99.7 Å². The van der Waals surface area contributed by atoms with Crippen LogP contribution >= 0.6 is 0 Å². The van der Waals surface area contributed by atoms with Crippen molar-refractivity contribution >= 4 is 5.95 Å². The molecule has 1 unspecified atom stereocenters. The Balaban J connectivity index is 2.36. The smallest absolute Gasteiger partial charge is 0.259 e. The van der Waals surface area contributed by atoms with Crippen molar-refractivity contribution in [1.29, 1.82) is 0 Å². The van der Waals surface area contributed by atoms with Crippen molar-refractivity contribution in [1.82, 2.24) is 15.3 Å². The lowest BCUT2D eigenvalue weighted by atomic mass is 10.2. The third-order valence-electron chi connectivity index (χ3n) is 3.11. The monoisotopic (exact) mass is 238 g/mol.